The highest BCUT2D eigenvalue weighted by atomic mass is 28.3. The molecule has 8 nitrogen and oxygen atoms in total. The van der Waals surface area contributed by atoms with Gasteiger partial charge in [0.15, 0.2) is 0 Å². The van der Waals surface area contributed by atoms with Crippen molar-refractivity contribution in [3.05, 3.63) is 42.6 Å². The quantitative estimate of drug-likeness (QED) is 0.211. The van der Waals surface area contributed by atoms with Crippen LogP contribution in [-0.2, 0) is 16.2 Å². The van der Waals surface area contributed by atoms with Gasteiger partial charge in [-0.15, -0.1) is 0 Å². The summed E-state index contributed by atoms with van der Waals surface area (Å²) < 4.78 is 27.9. The molecule has 2 aliphatic rings. The van der Waals surface area contributed by atoms with Crippen molar-refractivity contribution in [1.29, 1.82) is 0 Å². The van der Waals surface area contributed by atoms with Gasteiger partial charge in [0.05, 0.1) is 28.5 Å². The SMILES string of the molecule is CC(C)(C)OC(=O)N1CCCCC12CCCN(c1ccnc3c1c(-c1ccc(F)cn1)cn3COCC[Si](C)(C)C)C2. The van der Waals surface area contributed by atoms with E-state index in [4.69, 9.17) is 14.5 Å². The highest BCUT2D eigenvalue weighted by molar-refractivity contribution is 6.76. The van der Waals surface area contributed by atoms with Crippen molar-refractivity contribution in [3.63, 3.8) is 0 Å². The Morgan fingerprint density at radius 2 is 1.86 bits per heavy atom. The lowest BCUT2D eigenvalue weighted by atomic mass is 9.79. The summed E-state index contributed by atoms with van der Waals surface area (Å²) in [4.78, 5) is 27.1. The molecule has 1 spiro atoms. The number of pyridine rings is 2. The lowest BCUT2D eigenvalue weighted by molar-refractivity contribution is -0.0198. The lowest BCUT2D eigenvalue weighted by Gasteiger charge is -2.52. The first-order valence-corrected chi connectivity index (χ1v) is 19.0. The third-order valence-corrected chi connectivity index (χ3v) is 10.0. The van der Waals surface area contributed by atoms with Crippen molar-refractivity contribution >= 4 is 30.9 Å². The molecule has 3 aromatic rings. The van der Waals surface area contributed by atoms with E-state index in [2.05, 4.69) is 35.6 Å². The number of carbonyl (C=O) groups is 1. The van der Waals surface area contributed by atoms with Gasteiger partial charge in [0.25, 0.3) is 0 Å². The average Bonchev–Trinajstić information content (AvgIpc) is 3.29. The maximum Gasteiger partial charge on any atom is 0.410 e. The molecule has 0 bridgehead atoms. The first-order chi connectivity index (χ1) is 19.9. The number of ether oxygens (including phenoxy) is 2. The molecule has 0 aromatic carbocycles. The Bertz CT molecular complexity index is 1390. The fourth-order valence-electron chi connectivity index (χ4n) is 6.27. The summed E-state index contributed by atoms with van der Waals surface area (Å²) >= 11 is 0. The molecular weight excluding hydrogens is 549 g/mol. The topological polar surface area (TPSA) is 72.7 Å². The molecule has 2 saturated heterocycles. The molecule has 10 heteroatoms. The Hall–Kier alpha value is -2.98. The summed E-state index contributed by atoms with van der Waals surface area (Å²) in [6, 6.07) is 6.32. The van der Waals surface area contributed by atoms with Gasteiger partial charge >= 0.3 is 6.09 Å². The maximum atomic E-state index is 13.9. The molecule has 0 aliphatic carbocycles. The number of fused-ring (bicyclic) bond motifs is 1. The third-order valence-electron chi connectivity index (χ3n) is 8.32. The minimum absolute atomic E-state index is 0.221. The molecule has 0 saturated carbocycles. The summed E-state index contributed by atoms with van der Waals surface area (Å²) in [5, 5.41) is 0.974. The molecule has 1 amide bonds. The molecule has 1 atom stereocenters. The number of nitrogens with zero attached hydrogens (tertiary/aromatic N) is 5. The summed E-state index contributed by atoms with van der Waals surface area (Å²) in [6.45, 7) is 16.2. The van der Waals surface area contributed by atoms with Crippen LogP contribution in [0.4, 0.5) is 14.9 Å². The zero-order chi connectivity index (χ0) is 30.1. The average molecular weight is 596 g/mol. The number of hydrogen-bond donors (Lipinski definition) is 0. The van der Waals surface area contributed by atoms with Crippen LogP contribution in [0.25, 0.3) is 22.3 Å². The van der Waals surface area contributed by atoms with Crippen LogP contribution in [0.2, 0.25) is 25.7 Å². The highest BCUT2D eigenvalue weighted by Gasteiger charge is 2.46. The molecule has 2 fully saturated rings. The second-order valence-corrected chi connectivity index (χ2v) is 19.7. The molecule has 0 N–H and O–H groups in total. The standard InChI is InChI=1S/C32H46FN5O3Si/c1-31(2,3)41-30(39)38-17-8-7-13-32(38)14-9-16-36(22-32)27-12-15-34-29-28(27)25(26-11-10-24(33)20-35-26)21-37(29)23-40-18-19-42(4,5)6/h10-12,15,20-21H,7-9,13-14,16-19,22-23H2,1-6H3. The number of aromatic nitrogens is 3. The van der Waals surface area contributed by atoms with E-state index in [0.717, 1.165) is 73.5 Å². The normalized spacial score (nSPS) is 20.0. The summed E-state index contributed by atoms with van der Waals surface area (Å²) in [7, 11) is -1.22. The summed E-state index contributed by atoms with van der Waals surface area (Å²) in [5.74, 6) is -0.368. The van der Waals surface area contributed by atoms with Crippen LogP contribution >= 0.6 is 0 Å². The van der Waals surface area contributed by atoms with E-state index in [9.17, 15) is 9.18 Å². The zero-order valence-electron chi connectivity index (χ0n) is 26.1. The number of anilines is 1. The van der Waals surface area contributed by atoms with Crippen LogP contribution in [0, 0.1) is 5.82 Å². The third kappa shape index (κ3) is 6.80. The van der Waals surface area contributed by atoms with Crippen LogP contribution in [0.3, 0.4) is 0 Å². The van der Waals surface area contributed by atoms with Crippen molar-refractivity contribution in [1.82, 2.24) is 19.4 Å². The lowest BCUT2D eigenvalue weighted by Crippen LogP contribution is -2.63. The number of likely N-dealkylation sites (tertiary alicyclic amines) is 1. The predicted molar refractivity (Wildman–Crippen MR) is 168 cm³/mol. The highest BCUT2D eigenvalue weighted by Crippen LogP contribution is 2.42. The molecule has 3 aromatic heterocycles. The molecule has 228 valence electrons. The van der Waals surface area contributed by atoms with Gasteiger partial charge in [-0.1, -0.05) is 19.6 Å². The number of hydrogen-bond acceptors (Lipinski definition) is 6. The summed E-state index contributed by atoms with van der Waals surface area (Å²) in [5.41, 5.74) is 2.62. The first kappa shape index (κ1) is 30.5. The van der Waals surface area contributed by atoms with E-state index in [0.29, 0.717) is 25.6 Å². The van der Waals surface area contributed by atoms with Gasteiger partial charge in [-0.2, -0.15) is 0 Å². The van der Waals surface area contributed by atoms with Crippen LogP contribution in [0.1, 0.15) is 52.9 Å². The van der Waals surface area contributed by atoms with Gasteiger partial charge in [-0.3, -0.25) is 4.98 Å². The van der Waals surface area contributed by atoms with Crippen LogP contribution in [-0.4, -0.2) is 71.0 Å². The fourth-order valence-corrected chi connectivity index (χ4v) is 7.03. The van der Waals surface area contributed by atoms with Crippen molar-refractivity contribution in [2.45, 2.75) is 96.4 Å². The van der Waals surface area contributed by atoms with Gasteiger partial charge < -0.3 is 23.8 Å². The van der Waals surface area contributed by atoms with Crippen molar-refractivity contribution in [2.24, 2.45) is 0 Å². The van der Waals surface area contributed by atoms with Crippen molar-refractivity contribution in [2.75, 3.05) is 31.1 Å². The van der Waals surface area contributed by atoms with E-state index in [-0.39, 0.29) is 17.4 Å². The van der Waals surface area contributed by atoms with Crippen LogP contribution in [0.15, 0.2) is 36.8 Å². The molecule has 5 rings (SSSR count). The largest absolute Gasteiger partial charge is 0.444 e. The Labute approximate surface area is 250 Å². The Morgan fingerprint density at radius 3 is 2.57 bits per heavy atom. The summed E-state index contributed by atoms with van der Waals surface area (Å²) in [6.07, 6.45) is 9.88. The molecule has 42 heavy (non-hydrogen) atoms. The fraction of sp³-hybridized carbons (Fsp3) is 0.594. The minimum atomic E-state index is -1.22. The van der Waals surface area contributed by atoms with Crippen LogP contribution in [0.5, 0.6) is 0 Å². The van der Waals surface area contributed by atoms with Crippen LogP contribution < -0.4 is 4.90 Å². The van der Waals surface area contributed by atoms with E-state index in [1.165, 1.54) is 12.3 Å². The van der Waals surface area contributed by atoms with E-state index in [1.807, 2.05) is 42.6 Å². The molecule has 5 heterocycles. The van der Waals surface area contributed by atoms with Gasteiger partial charge in [-0.25, -0.2) is 14.2 Å². The monoisotopic (exact) mass is 595 g/mol. The number of rotatable bonds is 7. The Balaban J connectivity index is 1.51. The maximum absolute atomic E-state index is 13.9. The molecule has 1 unspecified atom stereocenters. The number of halogens is 1. The smallest absolute Gasteiger partial charge is 0.410 e. The van der Waals surface area contributed by atoms with Gasteiger partial charge in [0.2, 0.25) is 0 Å². The Kier molecular flexibility index (Phi) is 8.67. The minimum Gasteiger partial charge on any atom is -0.444 e. The van der Waals surface area contributed by atoms with Gasteiger partial charge in [0.1, 0.15) is 23.8 Å². The number of piperidine rings is 2. The second kappa shape index (κ2) is 12.0. The molecule has 2 aliphatic heterocycles. The molecule has 0 radical (unpaired) electrons. The first-order valence-electron chi connectivity index (χ1n) is 15.3. The van der Waals surface area contributed by atoms with Gasteiger partial charge in [-0.05, 0) is 77.1 Å². The number of carbonyl (C=O) groups excluding carboxylic acids is 1. The van der Waals surface area contributed by atoms with E-state index < -0.39 is 13.7 Å². The predicted octanol–water partition coefficient (Wildman–Crippen LogP) is 7.31. The zero-order valence-corrected chi connectivity index (χ0v) is 27.1. The van der Waals surface area contributed by atoms with Gasteiger partial charge in [0, 0.05) is 52.3 Å². The number of amides is 1. The van der Waals surface area contributed by atoms with E-state index >= 15 is 0 Å². The van der Waals surface area contributed by atoms with E-state index in [1.54, 1.807) is 6.07 Å². The van der Waals surface area contributed by atoms with Crippen molar-refractivity contribution in [3.8, 4) is 11.3 Å². The van der Waals surface area contributed by atoms with Crippen molar-refractivity contribution < 1.29 is 18.7 Å². The Morgan fingerprint density at radius 1 is 1.07 bits per heavy atom. The second-order valence-electron chi connectivity index (χ2n) is 14.1. The molecular formula is C32H46FN5O3Si.